The maximum Gasteiger partial charge on any atom is 3.00 e. The maximum absolute atomic E-state index is 8.63. The van der Waals surface area contributed by atoms with Crippen molar-refractivity contribution in [1.82, 2.24) is 0 Å². The Morgan fingerprint density at radius 2 is 0.320 bits per heavy atom. The molecule has 0 spiro atoms. The fraction of sp³-hybridized carbons (Fsp3) is 1.00. The van der Waals surface area contributed by atoms with Gasteiger partial charge in [-0.1, -0.05) is 0 Å². The van der Waals surface area contributed by atoms with Crippen LogP contribution < -0.4 is 0 Å². The molecule has 0 aliphatic heterocycles. The Labute approximate surface area is 191 Å². The van der Waals surface area contributed by atoms with Gasteiger partial charge in [0.05, 0.1) is 80.0 Å². The average Bonchev–Trinajstić information content (AvgIpc) is 1.62. The van der Waals surface area contributed by atoms with Gasteiger partial charge >= 0.3 is 41.7 Å². The van der Waals surface area contributed by atoms with Crippen LogP contribution in [0.1, 0.15) is 0 Å². The van der Waals surface area contributed by atoms with Gasteiger partial charge in [-0.2, -0.15) is 0 Å². The normalized spacial score (nSPS) is 9.60. The Morgan fingerprint density at radius 1 is 0.320 bits per heavy atom. The maximum atomic E-state index is 8.63. The summed E-state index contributed by atoms with van der Waals surface area (Å²) in [4.78, 5) is 34.5. The largest absolute Gasteiger partial charge is 3.00 e. The second-order valence-electron chi connectivity index (χ2n) is 7.77. The van der Waals surface area contributed by atoms with E-state index in [0.29, 0.717) is 0 Å². The molecule has 13 heteroatoms. The summed E-state index contributed by atoms with van der Waals surface area (Å²) in [6, 6.07) is 0. The van der Waals surface area contributed by atoms with Crippen LogP contribution in [0.4, 0.5) is 0 Å². The molecule has 161 valence electrons. The summed E-state index contributed by atoms with van der Waals surface area (Å²) in [5.41, 5.74) is 0. The topological polar surface area (TPSA) is 213 Å². The molecule has 0 saturated carbocycles. The predicted octanol–water partition coefficient (Wildman–Crippen LogP) is -0.485. The van der Waals surface area contributed by atoms with Crippen LogP contribution >= 0.6 is 30.0 Å². The van der Waals surface area contributed by atoms with Crippen LogP contribution in [0.3, 0.4) is 0 Å². The minimum absolute atomic E-state index is 0. The fourth-order valence-corrected chi connectivity index (χ4v) is 0. The number of hydrogen-bond donors (Lipinski definition) is 4. The molecule has 0 unspecified atom stereocenters. The quantitative estimate of drug-likeness (QED) is 0.218. The van der Waals surface area contributed by atoms with Crippen LogP contribution in [-0.2, 0) is 21.9 Å². The van der Waals surface area contributed by atoms with E-state index in [2.05, 4.69) is 0 Å². The zero-order chi connectivity index (χ0) is 18.0. The van der Waals surface area contributed by atoms with Crippen LogP contribution in [0.5, 0.6) is 0 Å². The van der Waals surface area contributed by atoms with E-state index in [1.165, 1.54) is 0 Å². The second kappa shape index (κ2) is 24.8. The minimum Gasteiger partial charge on any atom is -0.457 e. The van der Waals surface area contributed by atoms with Crippen molar-refractivity contribution in [3.05, 3.63) is 0 Å². The molecule has 16 N–H and O–H groups in total. The zero-order valence-corrected chi connectivity index (χ0v) is 25.1. The van der Waals surface area contributed by atoms with E-state index in [0.717, 1.165) is 0 Å². The third-order valence-electron chi connectivity index (χ3n) is 0. The van der Waals surface area contributed by atoms with Crippen LogP contribution in [-0.4, -0.2) is 99.6 Å². The molecule has 0 aliphatic rings. The first-order chi connectivity index (χ1) is 8.00. The van der Waals surface area contributed by atoms with Crippen LogP contribution in [0, 0.1) is 41.7 Å². The van der Waals surface area contributed by atoms with E-state index >= 15 is 0 Å². The van der Waals surface area contributed by atoms with E-state index in [1.807, 2.05) is 80.0 Å². The first-order valence-electron chi connectivity index (χ1n) is 6.17. The van der Waals surface area contributed by atoms with E-state index in [-0.39, 0.29) is 63.7 Å². The van der Waals surface area contributed by atoms with Gasteiger partial charge in [-0.25, -0.2) is 0 Å². The van der Waals surface area contributed by atoms with Crippen LogP contribution in [0.2, 0.25) is 0 Å². The Bertz CT molecular complexity index is 151. The Hall–Kier alpha value is 2.78. The van der Waals surface area contributed by atoms with Gasteiger partial charge in [-0.05, 0) is 0 Å². The molecule has 0 rings (SSSR count). The van der Waals surface area contributed by atoms with Gasteiger partial charge in [0, 0.05) is 0 Å². The van der Waals surface area contributed by atoms with E-state index in [4.69, 9.17) is 19.6 Å². The summed E-state index contributed by atoms with van der Waals surface area (Å²) in [7, 11) is -5.56. The molecular weight excluding hydrogens is 536 g/mol. The zero-order valence-electron chi connectivity index (χ0n) is 18.4. The molecule has 0 aromatic carbocycles. The first kappa shape index (κ1) is 56.5. The molecule has 0 aliphatic carbocycles. The Morgan fingerprint density at radius 3 is 0.320 bits per heavy atom. The number of rotatable bonds is 0. The predicted molar refractivity (Wildman–Crippen MR) is 127 cm³/mol. The van der Waals surface area contributed by atoms with E-state index in [9.17, 15) is 0 Å². The molecule has 0 aromatic rings. The van der Waals surface area contributed by atoms with Crippen molar-refractivity contribution in [2.24, 2.45) is 0 Å². The summed E-state index contributed by atoms with van der Waals surface area (Å²) in [5, 5.41) is 0. The monoisotopic (exact) mass is 588 g/mol. The Balaban J connectivity index is -0.0000000183. The third kappa shape index (κ3) is 2130. The molecule has 0 amide bonds. The van der Waals surface area contributed by atoms with Crippen LogP contribution in [0.25, 0.3) is 0 Å². The molecule has 0 bridgehead atoms. The van der Waals surface area contributed by atoms with E-state index < -0.39 is 30.0 Å². The average molecular weight is 589 g/mol. The van der Waals surface area contributed by atoms with Crippen molar-refractivity contribution in [3.63, 3.8) is 0 Å². The molecular formula is C12H52CeO8P4+11. The molecule has 0 fully saturated rings. The standard InChI is InChI=1S/4C3H10OP.Ce.4H2O/c4*1-5(2,3)4;;;;;/h4*4H,1-3H3;;4*1H2/q4*+1;+3;;;;/p+4. The number of hydrogen-bond acceptors (Lipinski definition) is 4. The summed E-state index contributed by atoms with van der Waals surface area (Å²) in [5.74, 6) is 0. The third-order valence-corrected chi connectivity index (χ3v) is 0. The van der Waals surface area contributed by atoms with Gasteiger partial charge in [-0.15, -0.1) is 0 Å². The van der Waals surface area contributed by atoms with Crippen molar-refractivity contribution in [1.29, 1.82) is 0 Å². The van der Waals surface area contributed by atoms with Crippen LogP contribution in [0.15, 0.2) is 0 Å². The van der Waals surface area contributed by atoms with Crippen molar-refractivity contribution in [2.75, 3.05) is 80.0 Å². The van der Waals surface area contributed by atoms with E-state index in [1.54, 1.807) is 0 Å². The minimum atomic E-state index is -1.39. The first-order valence-corrected chi connectivity index (χ1v) is 18.5. The van der Waals surface area contributed by atoms with Gasteiger partial charge in [0.25, 0.3) is 0 Å². The Kier molecular flexibility index (Phi) is 56.1. The second-order valence-corrected chi connectivity index (χ2v) is 23.3. The van der Waals surface area contributed by atoms with Crippen molar-refractivity contribution >= 4 is 30.0 Å². The SMILES string of the molecule is C[P+](C)(C)O.C[P+](C)(C)O.C[P+](C)(C)O.C[P+](C)(C)O.[Ce+3].[OH3+].[OH3+].[OH3+].[OH3+]. The summed E-state index contributed by atoms with van der Waals surface area (Å²) in [6.45, 7) is 22.3. The molecule has 0 heterocycles. The van der Waals surface area contributed by atoms with Gasteiger partial charge in [-0.3, -0.25) is 19.6 Å². The summed E-state index contributed by atoms with van der Waals surface area (Å²) >= 11 is 0. The molecule has 1 radical (unpaired) electrons. The summed E-state index contributed by atoms with van der Waals surface area (Å²) < 4.78 is 0. The van der Waals surface area contributed by atoms with Crippen molar-refractivity contribution in [2.45, 2.75) is 0 Å². The van der Waals surface area contributed by atoms with Gasteiger partial charge in [0.15, 0.2) is 0 Å². The fourth-order valence-electron chi connectivity index (χ4n) is 0. The molecule has 25 heavy (non-hydrogen) atoms. The molecule has 8 nitrogen and oxygen atoms in total. The molecule has 0 atom stereocenters. The van der Waals surface area contributed by atoms with Gasteiger partial charge < -0.3 is 21.9 Å². The van der Waals surface area contributed by atoms with Crippen molar-refractivity contribution in [3.8, 4) is 0 Å². The van der Waals surface area contributed by atoms with Gasteiger partial charge in [0.2, 0.25) is 0 Å². The summed E-state index contributed by atoms with van der Waals surface area (Å²) in [6.07, 6.45) is 0. The smallest absolute Gasteiger partial charge is 0.457 e. The van der Waals surface area contributed by atoms with Crippen molar-refractivity contribution < 1.29 is 83.2 Å². The molecule has 0 saturated heterocycles. The molecule has 0 aromatic heterocycles. The van der Waals surface area contributed by atoms with Gasteiger partial charge in [0.1, 0.15) is 30.0 Å².